The molecule has 0 bridgehead atoms. The van der Waals surface area contributed by atoms with Gasteiger partial charge in [0.1, 0.15) is 11.6 Å². The van der Waals surface area contributed by atoms with Crippen molar-refractivity contribution in [3.05, 3.63) is 76.8 Å². The van der Waals surface area contributed by atoms with Crippen molar-refractivity contribution in [2.75, 3.05) is 38.0 Å². The number of aliphatic hydroxyl groups excluding tert-OH is 1. The number of carbonyl (C=O) groups is 1. The number of benzene rings is 1. The number of hydrogen-bond donors (Lipinski definition) is 3. The van der Waals surface area contributed by atoms with E-state index >= 15 is 0 Å². The fourth-order valence-electron chi connectivity index (χ4n) is 4.65. The Morgan fingerprint density at radius 3 is 2.56 bits per heavy atom. The Kier molecular flexibility index (Phi) is 8.10. The number of hydrogen-bond acceptors (Lipinski definition) is 6. The van der Waals surface area contributed by atoms with Crippen LogP contribution < -0.4 is 5.32 Å². The van der Waals surface area contributed by atoms with Gasteiger partial charge in [0.05, 0.1) is 11.3 Å². The summed E-state index contributed by atoms with van der Waals surface area (Å²) in [4.78, 5) is 21.9. The van der Waals surface area contributed by atoms with E-state index in [2.05, 4.69) is 41.2 Å². The van der Waals surface area contributed by atoms with E-state index in [9.17, 15) is 15.0 Å². The van der Waals surface area contributed by atoms with E-state index in [0.29, 0.717) is 24.4 Å². The number of rotatable bonds is 7. The third-order valence-electron chi connectivity index (χ3n) is 6.96. The van der Waals surface area contributed by atoms with Crippen LogP contribution in [-0.2, 0) is 6.42 Å². The first-order chi connectivity index (χ1) is 17.4. The number of piperazine rings is 1. The molecule has 3 heterocycles. The van der Waals surface area contributed by atoms with Gasteiger partial charge in [0, 0.05) is 50.6 Å². The lowest BCUT2D eigenvalue weighted by Crippen LogP contribution is -2.48. The molecule has 2 aliphatic heterocycles. The zero-order valence-electron chi connectivity index (χ0n) is 21.4. The zero-order chi connectivity index (χ0) is 25.7. The van der Waals surface area contributed by atoms with Crippen LogP contribution in [0.4, 0.5) is 5.82 Å². The summed E-state index contributed by atoms with van der Waals surface area (Å²) in [5.74, 6) is 1.06. The van der Waals surface area contributed by atoms with E-state index in [-0.39, 0.29) is 11.7 Å². The number of amides is 1. The minimum Gasteiger partial charge on any atom is -0.513 e. The topological polar surface area (TPSA) is 88.9 Å². The number of nitrogens with one attached hydrogen (secondary N) is 1. The molecule has 1 saturated heterocycles. The van der Waals surface area contributed by atoms with E-state index in [4.69, 9.17) is 0 Å². The lowest BCUT2D eigenvalue weighted by atomic mass is 9.94. The highest BCUT2D eigenvalue weighted by molar-refractivity contribution is 5.98. The predicted octanol–water partition coefficient (Wildman–Crippen LogP) is 5.27. The summed E-state index contributed by atoms with van der Waals surface area (Å²) in [6.07, 6.45) is 10.2. The maximum Gasteiger partial charge on any atom is 0.257 e. The molecule has 0 saturated carbocycles. The molecule has 1 aromatic carbocycles. The Hall–Kier alpha value is -3.58. The zero-order valence-corrected chi connectivity index (χ0v) is 21.4. The highest BCUT2D eigenvalue weighted by atomic mass is 16.3. The highest BCUT2D eigenvalue weighted by Gasteiger charge is 2.24. The molecule has 0 radical (unpaired) electrons. The van der Waals surface area contributed by atoms with Crippen LogP contribution in [0.25, 0.3) is 11.1 Å². The third kappa shape index (κ3) is 5.97. The molecule has 0 atom stereocenters. The van der Waals surface area contributed by atoms with Gasteiger partial charge in [-0.25, -0.2) is 4.98 Å². The normalized spacial score (nSPS) is 16.9. The molecule has 3 N–H and O–H groups in total. The second kappa shape index (κ2) is 11.4. The molecule has 4 rings (SSSR count). The smallest absolute Gasteiger partial charge is 0.257 e. The lowest BCUT2D eigenvalue weighted by molar-refractivity contribution is 0.0640. The Labute approximate surface area is 213 Å². The maximum absolute atomic E-state index is 13.2. The second-order valence-electron chi connectivity index (χ2n) is 9.49. The van der Waals surface area contributed by atoms with Crippen molar-refractivity contribution < 1.29 is 15.0 Å². The van der Waals surface area contributed by atoms with Gasteiger partial charge in [-0.05, 0) is 74.2 Å². The van der Waals surface area contributed by atoms with Gasteiger partial charge in [0.15, 0.2) is 0 Å². The van der Waals surface area contributed by atoms with Gasteiger partial charge in [0.25, 0.3) is 5.91 Å². The summed E-state index contributed by atoms with van der Waals surface area (Å²) >= 11 is 0. The molecule has 1 aromatic heterocycles. The summed E-state index contributed by atoms with van der Waals surface area (Å²) in [6, 6.07) is 7.32. The lowest BCUT2D eigenvalue weighted by Gasteiger charge is -2.34. The Balaban J connectivity index is 1.50. The van der Waals surface area contributed by atoms with Crippen molar-refractivity contribution in [1.82, 2.24) is 14.8 Å². The predicted molar refractivity (Wildman–Crippen MR) is 144 cm³/mol. The minimum atomic E-state index is -0.130. The van der Waals surface area contributed by atoms with Crippen molar-refractivity contribution in [1.29, 1.82) is 0 Å². The average molecular weight is 489 g/mol. The molecule has 190 valence electrons. The molecule has 7 nitrogen and oxygen atoms in total. The Bertz CT molecular complexity index is 1200. The van der Waals surface area contributed by atoms with Gasteiger partial charge >= 0.3 is 0 Å². The Morgan fingerprint density at radius 2 is 1.83 bits per heavy atom. The van der Waals surface area contributed by atoms with Gasteiger partial charge in [-0.1, -0.05) is 24.6 Å². The van der Waals surface area contributed by atoms with Crippen molar-refractivity contribution in [3.63, 3.8) is 0 Å². The molecule has 1 fully saturated rings. The quantitative estimate of drug-likeness (QED) is 0.363. The standard InChI is InChI=1S/C29H36N4O3/c1-4-32-11-13-33(14-12-32)29(36)26-17-22(9-10-27(26)35)25-16-23-15-24(18-30-28(23)31-19-25)20(2)7-5-6-8-21(3)34/h7-10,16-19,34-35H,4-6,11-15H2,1-3H3,(H,30,31)/b20-7+,21-8+. The minimum absolute atomic E-state index is 0.00600. The number of likely N-dealkylation sites (N-methyl/N-ethyl adjacent to an activating group) is 1. The fraction of sp³-hybridized carbons (Fsp3) is 0.379. The largest absolute Gasteiger partial charge is 0.513 e. The monoisotopic (exact) mass is 488 g/mol. The molecule has 2 aliphatic rings. The molecule has 0 aliphatic carbocycles. The van der Waals surface area contributed by atoms with Gasteiger partial charge < -0.3 is 25.3 Å². The van der Waals surface area contributed by atoms with Crippen LogP contribution >= 0.6 is 0 Å². The number of aromatic hydroxyl groups is 1. The molecular weight excluding hydrogens is 452 g/mol. The fourth-order valence-corrected chi connectivity index (χ4v) is 4.65. The summed E-state index contributed by atoms with van der Waals surface area (Å²) in [5, 5.41) is 23.1. The molecule has 7 heteroatoms. The van der Waals surface area contributed by atoms with E-state index in [1.165, 1.54) is 11.1 Å². The van der Waals surface area contributed by atoms with Gasteiger partial charge in [-0.15, -0.1) is 0 Å². The van der Waals surface area contributed by atoms with Crippen molar-refractivity contribution in [2.45, 2.75) is 40.0 Å². The molecule has 2 aromatic rings. The number of phenols is 1. The van der Waals surface area contributed by atoms with Gasteiger partial charge in [0.2, 0.25) is 0 Å². The number of aromatic nitrogens is 1. The number of aliphatic hydroxyl groups is 1. The molecular formula is C29H36N4O3. The average Bonchev–Trinajstić information content (AvgIpc) is 2.90. The van der Waals surface area contributed by atoms with Crippen LogP contribution in [0.1, 0.15) is 49.5 Å². The Morgan fingerprint density at radius 1 is 1.08 bits per heavy atom. The van der Waals surface area contributed by atoms with Crippen LogP contribution in [-0.4, -0.2) is 63.6 Å². The molecule has 36 heavy (non-hydrogen) atoms. The molecule has 1 amide bonds. The summed E-state index contributed by atoms with van der Waals surface area (Å²) in [6.45, 7) is 9.94. The molecule has 0 unspecified atom stereocenters. The number of anilines is 1. The number of nitrogens with zero attached hydrogens (tertiary/aromatic N) is 3. The van der Waals surface area contributed by atoms with E-state index < -0.39 is 0 Å². The maximum atomic E-state index is 13.2. The highest BCUT2D eigenvalue weighted by Crippen LogP contribution is 2.32. The third-order valence-corrected chi connectivity index (χ3v) is 6.96. The van der Waals surface area contributed by atoms with E-state index in [1.54, 1.807) is 25.3 Å². The first kappa shape index (κ1) is 25.5. The van der Waals surface area contributed by atoms with Crippen LogP contribution in [0.3, 0.4) is 0 Å². The van der Waals surface area contributed by atoms with Crippen LogP contribution in [0.2, 0.25) is 0 Å². The van der Waals surface area contributed by atoms with E-state index in [1.807, 2.05) is 23.2 Å². The van der Waals surface area contributed by atoms with Crippen molar-refractivity contribution in [3.8, 4) is 16.9 Å². The van der Waals surface area contributed by atoms with Crippen molar-refractivity contribution >= 4 is 11.7 Å². The number of unbranched alkanes of at least 4 members (excludes halogenated alkanes) is 1. The van der Waals surface area contributed by atoms with E-state index in [0.717, 1.165) is 61.4 Å². The van der Waals surface area contributed by atoms with Gasteiger partial charge in [-0.2, -0.15) is 0 Å². The summed E-state index contributed by atoms with van der Waals surface area (Å²) in [7, 11) is 0. The summed E-state index contributed by atoms with van der Waals surface area (Å²) in [5.41, 5.74) is 5.57. The van der Waals surface area contributed by atoms with Crippen molar-refractivity contribution in [2.24, 2.45) is 0 Å². The number of allylic oxidation sites excluding steroid dienone is 5. The molecule has 0 spiro atoms. The number of phenolic OH excluding ortho intramolecular Hbond substituents is 1. The SMILES string of the molecule is CCN1CCN(C(=O)c2cc(-c3cnc4c(c3)CC(/C(C)=C/CC/C=C(\C)O)=CN4)ccc2O)CC1. The van der Waals surface area contributed by atoms with Crippen LogP contribution in [0, 0.1) is 0 Å². The summed E-state index contributed by atoms with van der Waals surface area (Å²) < 4.78 is 0. The van der Waals surface area contributed by atoms with Crippen LogP contribution in [0.5, 0.6) is 5.75 Å². The van der Waals surface area contributed by atoms with Crippen LogP contribution in [0.15, 0.2) is 65.7 Å². The first-order valence-electron chi connectivity index (χ1n) is 12.7. The first-order valence-corrected chi connectivity index (χ1v) is 12.7. The second-order valence-corrected chi connectivity index (χ2v) is 9.49. The number of pyridine rings is 1. The van der Waals surface area contributed by atoms with Gasteiger partial charge in [-0.3, -0.25) is 4.79 Å². The number of carbonyl (C=O) groups excluding carboxylic acids is 1. The number of fused-ring (bicyclic) bond motifs is 1.